The summed E-state index contributed by atoms with van der Waals surface area (Å²) in [4.78, 5) is 23.3. The van der Waals surface area contributed by atoms with Gasteiger partial charge in [0.2, 0.25) is 0 Å². The van der Waals surface area contributed by atoms with Crippen molar-refractivity contribution in [2.45, 2.75) is 19.9 Å². The van der Waals surface area contributed by atoms with E-state index in [1.807, 2.05) is 49.4 Å². The monoisotopic (exact) mass is 338 g/mol. The summed E-state index contributed by atoms with van der Waals surface area (Å²) in [6.45, 7) is 4.04. The summed E-state index contributed by atoms with van der Waals surface area (Å²) >= 11 is 0. The van der Waals surface area contributed by atoms with Gasteiger partial charge in [-0.3, -0.25) is 0 Å². The number of esters is 1. The van der Waals surface area contributed by atoms with Crippen LogP contribution in [0.5, 0.6) is 0 Å². The second-order valence-corrected chi connectivity index (χ2v) is 5.44. The molecule has 5 nitrogen and oxygen atoms in total. The highest BCUT2D eigenvalue weighted by Gasteiger charge is 2.08. The zero-order valence-electron chi connectivity index (χ0n) is 14.4. The van der Waals surface area contributed by atoms with Gasteiger partial charge in [0.15, 0.2) is 0 Å². The van der Waals surface area contributed by atoms with Crippen LogP contribution in [0.1, 0.15) is 31.0 Å². The number of hydrogen-bond acceptors (Lipinski definition) is 3. The van der Waals surface area contributed by atoms with E-state index in [1.54, 1.807) is 25.1 Å². The van der Waals surface area contributed by atoms with Gasteiger partial charge in [-0.2, -0.15) is 0 Å². The largest absolute Gasteiger partial charge is 0.463 e. The molecule has 0 bridgehead atoms. The fourth-order valence-electron chi connectivity index (χ4n) is 2.22. The van der Waals surface area contributed by atoms with Crippen LogP contribution in [0.15, 0.2) is 60.7 Å². The fourth-order valence-corrected chi connectivity index (χ4v) is 2.22. The van der Waals surface area contributed by atoms with Crippen LogP contribution >= 0.6 is 0 Å². The van der Waals surface area contributed by atoms with Gasteiger partial charge < -0.3 is 15.4 Å². The van der Waals surface area contributed by atoms with Gasteiger partial charge in [0, 0.05) is 11.8 Å². The van der Waals surface area contributed by atoms with Crippen molar-refractivity contribution in [3.8, 4) is 0 Å². The maximum atomic E-state index is 12.1. The van der Waals surface area contributed by atoms with Gasteiger partial charge in [0.1, 0.15) is 0 Å². The summed E-state index contributed by atoms with van der Waals surface area (Å²) in [7, 11) is 0. The van der Waals surface area contributed by atoms with Gasteiger partial charge in [-0.05, 0) is 43.2 Å². The molecule has 2 N–H and O–H groups in total. The van der Waals surface area contributed by atoms with Crippen molar-refractivity contribution < 1.29 is 14.3 Å². The standard InChI is InChI=1S/C20H22N2O3/c1-3-25-19(23)14-11-16-9-12-18(13-10-16)22-20(24)21-15(2)17-7-5-4-6-8-17/h4-15H,3H2,1-2H3,(H2,21,22,24)/b14-11+/t15-/m1/s1. The average Bonchev–Trinajstić information content (AvgIpc) is 2.62. The number of rotatable bonds is 6. The molecule has 1 atom stereocenters. The summed E-state index contributed by atoms with van der Waals surface area (Å²) in [6.07, 6.45) is 3.04. The SMILES string of the molecule is CCOC(=O)/C=C/c1ccc(NC(=O)N[C@H](C)c2ccccc2)cc1. The Morgan fingerprint density at radius 2 is 1.76 bits per heavy atom. The van der Waals surface area contributed by atoms with E-state index < -0.39 is 0 Å². The van der Waals surface area contributed by atoms with E-state index in [0.29, 0.717) is 12.3 Å². The molecule has 0 fully saturated rings. The number of carbonyl (C=O) groups excluding carboxylic acids is 2. The molecule has 2 rings (SSSR count). The lowest BCUT2D eigenvalue weighted by Gasteiger charge is -2.15. The molecule has 2 aromatic rings. The number of ether oxygens (including phenoxy) is 1. The van der Waals surface area contributed by atoms with Gasteiger partial charge >= 0.3 is 12.0 Å². The number of amides is 2. The minimum absolute atomic E-state index is 0.0898. The van der Waals surface area contributed by atoms with Crippen LogP contribution in [0.4, 0.5) is 10.5 Å². The second-order valence-electron chi connectivity index (χ2n) is 5.44. The second kappa shape index (κ2) is 9.27. The van der Waals surface area contributed by atoms with Gasteiger partial charge in [-0.15, -0.1) is 0 Å². The summed E-state index contributed by atoms with van der Waals surface area (Å²) in [5.74, 6) is -0.376. The van der Waals surface area contributed by atoms with E-state index in [0.717, 1.165) is 11.1 Å². The number of carbonyl (C=O) groups is 2. The van der Waals surface area contributed by atoms with Crippen LogP contribution < -0.4 is 10.6 Å². The lowest BCUT2D eigenvalue weighted by atomic mass is 10.1. The van der Waals surface area contributed by atoms with E-state index in [2.05, 4.69) is 10.6 Å². The van der Waals surface area contributed by atoms with Crippen LogP contribution in [-0.4, -0.2) is 18.6 Å². The summed E-state index contributed by atoms with van der Waals surface area (Å²) in [5.41, 5.74) is 2.56. The Morgan fingerprint density at radius 3 is 2.40 bits per heavy atom. The zero-order valence-corrected chi connectivity index (χ0v) is 14.4. The minimum atomic E-state index is -0.376. The van der Waals surface area contributed by atoms with E-state index >= 15 is 0 Å². The first kappa shape index (κ1) is 18.3. The Labute approximate surface area is 147 Å². The molecule has 5 heteroatoms. The van der Waals surface area contributed by atoms with Crippen molar-refractivity contribution in [3.63, 3.8) is 0 Å². The highest BCUT2D eigenvalue weighted by atomic mass is 16.5. The fraction of sp³-hybridized carbons (Fsp3) is 0.200. The topological polar surface area (TPSA) is 67.4 Å². The van der Waals surface area contributed by atoms with Gasteiger partial charge in [0.25, 0.3) is 0 Å². The predicted octanol–water partition coefficient (Wildman–Crippen LogP) is 4.15. The van der Waals surface area contributed by atoms with Gasteiger partial charge in [-0.25, -0.2) is 9.59 Å². The number of anilines is 1. The van der Waals surface area contributed by atoms with Crippen molar-refractivity contribution in [1.82, 2.24) is 5.32 Å². The predicted molar refractivity (Wildman–Crippen MR) is 99.1 cm³/mol. The van der Waals surface area contributed by atoms with Crippen molar-refractivity contribution in [2.24, 2.45) is 0 Å². The summed E-state index contributed by atoms with van der Waals surface area (Å²) in [6, 6.07) is 16.6. The maximum absolute atomic E-state index is 12.1. The lowest BCUT2D eigenvalue weighted by molar-refractivity contribution is -0.137. The Morgan fingerprint density at radius 1 is 1.08 bits per heavy atom. The number of benzene rings is 2. The Bertz CT molecular complexity index is 724. The molecular weight excluding hydrogens is 316 g/mol. The highest BCUT2D eigenvalue weighted by Crippen LogP contribution is 2.13. The first-order valence-electron chi connectivity index (χ1n) is 8.16. The molecule has 2 amide bonds. The lowest BCUT2D eigenvalue weighted by Crippen LogP contribution is -2.31. The van der Waals surface area contributed by atoms with Crippen molar-refractivity contribution in [3.05, 3.63) is 71.8 Å². The minimum Gasteiger partial charge on any atom is -0.463 e. The van der Waals surface area contributed by atoms with E-state index in [-0.39, 0.29) is 18.0 Å². The third kappa shape index (κ3) is 6.14. The third-order valence-electron chi connectivity index (χ3n) is 3.51. The summed E-state index contributed by atoms with van der Waals surface area (Å²) < 4.78 is 4.82. The van der Waals surface area contributed by atoms with Gasteiger partial charge in [0.05, 0.1) is 12.6 Å². The Kier molecular flexibility index (Phi) is 6.77. The van der Waals surface area contributed by atoms with Crippen molar-refractivity contribution in [1.29, 1.82) is 0 Å². The van der Waals surface area contributed by atoms with Crippen LogP contribution in [0.25, 0.3) is 6.08 Å². The van der Waals surface area contributed by atoms with E-state index in [9.17, 15) is 9.59 Å². The molecule has 2 aromatic carbocycles. The van der Waals surface area contributed by atoms with E-state index in [4.69, 9.17) is 4.74 Å². The molecule has 0 heterocycles. The maximum Gasteiger partial charge on any atom is 0.330 e. The van der Waals surface area contributed by atoms with Gasteiger partial charge in [-0.1, -0.05) is 42.5 Å². The van der Waals surface area contributed by atoms with Crippen LogP contribution in [-0.2, 0) is 9.53 Å². The molecular formula is C20H22N2O3. The smallest absolute Gasteiger partial charge is 0.330 e. The zero-order chi connectivity index (χ0) is 18.1. The van der Waals surface area contributed by atoms with Crippen LogP contribution in [0.3, 0.4) is 0 Å². The van der Waals surface area contributed by atoms with Crippen LogP contribution in [0, 0.1) is 0 Å². The first-order chi connectivity index (χ1) is 12.1. The number of hydrogen-bond donors (Lipinski definition) is 2. The Balaban J connectivity index is 1.88. The molecule has 0 aromatic heterocycles. The normalized spacial score (nSPS) is 11.8. The molecule has 0 saturated carbocycles. The van der Waals surface area contributed by atoms with Crippen molar-refractivity contribution in [2.75, 3.05) is 11.9 Å². The van der Waals surface area contributed by atoms with E-state index in [1.165, 1.54) is 6.08 Å². The molecule has 0 saturated heterocycles. The molecule has 130 valence electrons. The molecule has 0 aliphatic rings. The first-order valence-corrected chi connectivity index (χ1v) is 8.16. The van der Waals surface area contributed by atoms with Crippen molar-refractivity contribution >= 4 is 23.8 Å². The van der Waals surface area contributed by atoms with Crippen LogP contribution in [0.2, 0.25) is 0 Å². The number of urea groups is 1. The molecule has 0 radical (unpaired) electrons. The highest BCUT2D eigenvalue weighted by molar-refractivity contribution is 5.90. The molecule has 25 heavy (non-hydrogen) atoms. The molecule has 0 spiro atoms. The average molecular weight is 338 g/mol. The number of nitrogens with one attached hydrogen (secondary N) is 2. The Hall–Kier alpha value is -3.08. The third-order valence-corrected chi connectivity index (χ3v) is 3.51. The summed E-state index contributed by atoms with van der Waals surface area (Å²) in [5, 5.41) is 5.68. The molecule has 0 aliphatic heterocycles. The molecule has 0 aliphatic carbocycles. The quantitative estimate of drug-likeness (QED) is 0.614. The molecule has 0 unspecified atom stereocenters.